The van der Waals surface area contributed by atoms with Gasteiger partial charge in [-0.1, -0.05) is 0 Å². The van der Waals surface area contributed by atoms with E-state index in [0.29, 0.717) is 17.1 Å². The van der Waals surface area contributed by atoms with Crippen LogP contribution in [0.25, 0.3) is 0 Å². The molecule has 21 heavy (non-hydrogen) atoms. The fraction of sp³-hybridized carbons (Fsp3) is 0.0714. The van der Waals surface area contributed by atoms with Crippen LogP contribution in [-0.2, 0) is 4.79 Å². The SMILES string of the molecule is O=C1CSc2ccc(NC(=O)c3c[nH]ccc3=O)cc2N1. The van der Waals surface area contributed by atoms with Crippen LogP contribution in [0, 0.1) is 0 Å². The maximum Gasteiger partial charge on any atom is 0.261 e. The van der Waals surface area contributed by atoms with E-state index in [0.717, 1.165) is 4.90 Å². The average molecular weight is 301 g/mol. The molecule has 0 atom stereocenters. The predicted molar refractivity (Wildman–Crippen MR) is 80.8 cm³/mol. The first-order valence-electron chi connectivity index (χ1n) is 6.18. The Labute approximate surface area is 124 Å². The minimum absolute atomic E-state index is 0.0358. The van der Waals surface area contributed by atoms with Crippen LogP contribution in [0.15, 0.2) is 46.3 Å². The maximum absolute atomic E-state index is 12.0. The number of rotatable bonds is 2. The zero-order valence-corrected chi connectivity index (χ0v) is 11.6. The highest BCUT2D eigenvalue weighted by Crippen LogP contribution is 2.33. The quantitative estimate of drug-likeness (QED) is 0.787. The van der Waals surface area contributed by atoms with E-state index in [1.807, 2.05) is 6.07 Å². The first kappa shape index (κ1) is 13.4. The second kappa shape index (κ2) is 5.45. The molecule has 2 aromatic rings. The van der Waals surface area contributed by atoms with Crippen LogP contribution < -0.4 is 16.1 Å². The third-order valence-corrected chi connectivity index (χ3v) is 4.01. The lowest BCUT2D eigenvalue weighted by Gasteiger charge is -2.17. The van der Waals surface area contributed by atoms with Gasteiger partial charge in [0.15, 0.2) is 5.43 Å². The minimum atomic E-state index is -0.494. The molecule has 0 fully saturated rings. The lowest BCUT2D eigenvalue weighted by atomic mass is 10.2. The van der Waals surface area contributed by atoms with Crippen LogP contribution in [0.5, 0.6) is 0 Å². The number of hydrogen-bond donors (Lipinski definition) is 3. The number of anilines is 2. The number of aromatic amines is 1. The van der Waals surface area contributed by atoms with E-state index in [1.54, 1.807) is 12.1 Å². The van der Waals surface area contributed by atoms with Crippen molar-refractivity contribution in [1.82, 2.24) is 4.98 Å². The van der Waals surface area contributed by atoms with E-state index < -0.39 is 5.91 Å². The summed E-state index contributed by atoms with van der Waals surface area (Å²) >= 11 is 1.44. The van der Waals surface area contributed by atoms with E-state index in [4.69, 9.17) is 0 Å². The Morgan fingerprint density at radius 3 is 2.90 bits per heavy atom. The minimum Gasteiger partial charge on any atom is -0.367 e. The molecule has 3 N–H and O–H groups in total. The summed E-state index contributed by atoms with van der Waals surface area (Å²) in [5.74, 6) is -0.181. The summed E-state index contributed by atoms with van der Waals surface area (Å²) in [5.41, 5.74) is 0.863. The molecule has 1 aliphatic heterocycles. The Hall–Kier alpha value is -2.54. The lowest BCUT2D eigenvalue weighted by molar-refractivity contribution is -0.113. The standard InChI is InChI=1S/C14H11N3O3S/c18-11-3-4-15-6-9(11)14(20)16-8-1-2-12-10(5-8)17-13(19)7-21-12/h1-6H,7H2,(H,15,18)(H,16,20)(H,17,19). The second-order valence-corrected chi connectivity index (χ2v) is 5.44. The van der Waals surface area contributed by atoms with Gasteiger partial charge in [-0.25, -0.2) is 0 Å². The topological polar surface area (TPSA) is 91.1 Å². The Bertz CT molecular complexity index is 785. The first-order chi connectivity index (χ1) is 10.1. The Morgan fingerprint density at radius 2 is 2.10 bits per heavy atom. The zero-order chi connectivity index (χ0) is 14.8. The van der Waals surface area contributed by atoms with Gasteiger partial charge in [-0.3, -0.25) is 14.4 Å². The first-order valence-corrected chi connectivity index (χ1v) is 7.17. The lowest BCUT2D eigenvalue weighted by Crippen LogP contribution is -2.22. The molecular formula is C14H11N3O3S. The number of hydrogen-bond acceptors (Lipinski definition) is 4. The molecule has 3 rings (SSSR count). The molecular weight excluding hydrogens is 290 g/mol. The van der Waals surface area contributed by atoms with Gasteiger partial charge in [0.25, 0.3) is 5.91 Å². The van der Waals surface area contributed by atoms with Crippen LogP contribution in [-0.4, -0.2) is 22.6 Å². The summed E-state index contributed by atoms with van der Waals surface area (Å²) in [6, 6.07) is 6.52. The van der Waals surface area contributed by atoms with Crippen molar-refractivity contribution in [3.05, 3.63) is 52.4 Å². The van der Waals surface area contributed by atoms with Crippen molar-refractivity contribution in [2.75, 3.05) is 16.4 Å². The van der Waals surface area contributed by atoms with Gasteiger partial charge >= 0.3 is 0 Å². The molecule has 6 nitrogen and oxygen atoms in total. The number of H-pyrrole nitrogens is 1. The summed E-state index contributed by atoms with van der Waals surface area (Å²) in [6.07, 6.45) is 2.82. The highest BCUT2D eigenvalue weighted by atomic mass is 32.2. The molecule has 2 heterocycles. The smallest absolute Gasteiger partial charge is 0.261 e. The third kappa shape index (κ3) is 2.82. The van der Waals surface area contributed by atoms with Crippen LogP contribution >= 0.6 is 11.8 Å². The number of fused-ring (bicyclic) bond motifs is 1. The maximum atomic E-state index is 12.0. The molecule has 2 amide bonds. The van der Waals surface area contributed by atoms with Gasteiger partial charge in [0, 0.05) is 29.0 Å². The van der Waals surface area contributed by atoms with Gasteiger partial charge in [0.2, 0.25) is 5.91 Å². The average Bonchev–Trinajstić information content (AvgIpc) is 2.47. The summed E-state index contributed by atoms with van der Waals surface area (Å²) in [5, 5.41) is 5.39. The second-order valence-electron chi connectivity index (χ2n) is 4.42. The van der Waals surface area contributed by atoms with Gasteiger partial charge in [0.05, 0.1) is 11.4 Å². The van der Waals surface area contributed by atoms with Crippen molar-refractivity contribution >= 4 is 35.0 Å². The molecule has 1 aromatic heterocycles. The van der Waals surface area contributed by atoms with Crippen molar-refractivity contribution in [1.29, 1.82) is 0 Å². The third-order valence-electron chi connectivity index (χ3n) is 2.94. The summed E-state index contributed by atoms with van der Waals surface area (Å²) < 4.78 is 0. The molecule has 0 bridgehead atoms. The molecule has 7 heteroatoms. The molecule has 0 aliphatic carbocycles. The van der Waals surface area contributed by atoms with Crippen molar-refractivity contribution < 1.29 is 9.59 Å². The number of thioether (sulfide) groups is 1. The molecule has 106 valence electrons. The normalized spacial score (nSPS) is 13.2. The fourth-order valence-corrected chi connectivity index (χ4v) is 2.74. The molecule has 0 unspecified atom stereocenters. The van der Waals surface area contributed by atoms with Gasteiger partial charge in [-0.15, -0.1) is 11.8 Å². The van der Waals surface area contributed by atoms with E-state index in [2.05, 4.69) is 15.6 Å². The van der Waals surface area contributed by atoms with Gasteiger partial charge in [0.1, 0.15) is 5.56 Å². The van der Waals surface area contributed by atoms with E-state index >= 15 is 0 Å². The van der Waals surface area contributed by atoms with E-state index in [1.165, 1.54) is 30.2 Å². The number of pyridine rings is 1. The van der Waals surface area contributed by atoms with Crippen LogP contribution in [0.3, 0.4) is 0 Å². The van der Waals surface area contributed by atoms with Gasteiger partial charge in [-0.2, -0.15) is 0 Å². The van der Waals surface area contributed by atoms with Crippen molar-refractivity contribution in [3.63, 3.8) is 0 Å². The van der Waals surface area contributed by atoms with Crippen molar-refractivity contribution in [3.8, 4) is 0 Å². The zero-order valence-electron chi connectivity index (χ0n) is 10.8. The molecule has 1 aliphatic rings. The molecule has 1 aromatic carbocycles. The number of carbonyl (C=O) groups excluding carboxylic acids is 2. The number of amides is 2. The van der Waals surface area contributed by atoms with E-state index in [-0.39, 0.29) is 16.9 Å². The van der Waals surface area contributed by atoms with E-state index in [9.17, 15) is 14.4 Å². The van der Waals surface area contributed by atoms with Gasteiger partial charge in [-0.05, 0) is 18.2 Å². The van der Waals surface area contributed by atoms with Crippen molar-refractivity contribution in [2.24, 2.45) is 0 Å². The molecule has 0 saturated heterocycles. The van der Waals surface area contributed by atoms with Crippen LogP contribution in [0.1, 0.15) is 10.4 Å². The predicted octanol–water partition coefficient (Wildman–Crippen LogP) is 1.67. The number of aromatic nitrogens is 1. The summed E-state index contributed by atoms with van der Waals surface area (Å²) in [7, 11) is 0. The van der Waals surface area contributed by atoms with Gasteiger partial charge < -0.3 is 15.6 Å². The molecule has 0 radical (unpaired) electrons. The molecule has 0 spiro atoms. The van der Waals surface area contributed by atoms with Crippen LogP contribution in [0.2, 0.25) is 0 Å². The highest BCUT2D eigenvalue weighted by Gasteiger charge is 2.16. The number of carbonyl (C=O) groups is 2. The number of benzene rings is 1. The molecule has 0 saturated carbocycles. The van der Waals surface area contributed by atoms with Crippen LogP contribution in [0.4, 0.5) is 11.4 Å². The Balaban J connectivity index is 1.84. The largest absolute Gasteiger partial charge is 0.367 e. The monoisotopic (exact) mass is 301 g/mol. The summed E-state index contributed by atoms with van der Waals surface area (Å²) in [4.78, 5) is 38.6. The highest BCUT2D eigenvalue weighted by molar-refractivity contribution is 8.00. The fourth-order valence-electron chi connectivity index (χ4n) is 1.95. The Morgan fingerprint density at radius 1 is 1.24 bits per heavy atom. The number of nitrogens with one attached hydrogen (secondary N) is 3. The van der Waals surface area contributed by atoms with Crippen molar-refractivity contribution in [2.45, 2.75) is 4.90 Å². The summed E-state index contributed by atoms with van der Waals surface area (Å²) in [6.45, 7) is 0. The Kier molecular flexibility index (Phi) is 3.49.